The molecule has 2 saturated carbocycles. The summed E-state index contributed by atoms with van der Waals surface area (Å²) in [5.74, 6) is -2.63. The number of aryl methyl sites for hydroxylation is 1. The van der Waals surface area contributed by atoms with E-state index in [0.717, 1.165) is 55.7 Å². The number of Topliss-reactive ketones (excluding diaryl/α,β-unsaturated/α-hetero) is 1. The standard InChI is InChI=1S/C40H53N3O8S/c1-5-28-23-40(28,38(47)42-52(48,49)30-15-16-30)24-34(44)33-21-29-25-43(33)37(46)32(39(2,3)4)22-35(45)50-19-11-9-7-6-8-10-12-26-13-14-27-17-18-41-36(51-29)31(27)20-26/h5,13-14,17-18,20,28-30,32-33H,1,6-12,15-16,19,21-25H2,2-4H3,(H,42,47)/t28-,29+,32+,33-,40+/m0/s1. The predicted molar refractivity (Wildman–Crippen MR) is 197 cm³/mol. The normalized spacial score (nSPS) is 28.0. The summed E-state index contributed by atoms with van der Waals surface area (Å²) in [7, 11) is -3.83. The summed E-state index contributed by atoms with van der Waals surface area (Å²) in [5, 5.41) is 1.23. The number of pyridine rings is 1. The van der Waals surface area contributed by atoms with Gasteiger partial charge in [0, 0.05) is 24.4 Å². The third kappa shape index (κ3) is 8.53. The molecule has 1 aromatic heterocycles. The molecule has 11 nitrogen and oxygen atoms in total. The van der Waals surface area contributed by atoms with Gasteiger partial charge in [0.2, 0.25) is 27.7 Å². The smallest absolute Gasteiger partial charge is 0.306 e. The second-order valence-corrected chi connectivity index (χ2v) is 18.3. The van der Waals surface area contributed by atoms with Crippen LogP contribution in [0.15, 0.2) is 43.1 Å². The van der Waals surface area contributed by atoms with Crippen LogP contribution in [0.4, 0.5) is 0 Å². The molecule has 2 amide bonds. The van der Waals surface area contributed by atoms with E-state index in [1.54, 1.807) is 12.3 Å². The van der Waals surface area contributed by atoms with E-state index in [2.05, 4.69) is 34.5 Å². The zero-order valence-electron chi connectivity index (χ0n) is 30.7. The molecule has 2 aliphatic carbocycles. The molecule has 0 spiro atoms. The van der Waals surface area contributed by atoms with Gasteiger partial charge >= 0.3 is 5.97 Å². The largest absolute Gasteiger partial charge is 0.472 e. The predicted octanol–water partition coefficient (Wildman–Crippen LogP) is 5.84. The van der Waals surface area contributed by atoms with E-state index >= 15 is 0 Å². The Kier molecular flexibility index (Phi) is 11.1. The van der Waals surface area contributed by atoms with Crippen molar-refractivity contribution in [1.29, 1.82) is 0 Å². The molecule has 1 saturated heterocycles. The van der Waals surface area contributed by atoms with Crippen molar-refractivity contribution in [2.45, 2.75) is 122 Å². The lowest BCUT2D eigenvalue weighted by Crippen LogP contribution is -2.48. The highest BCUT2D eigenvalue weighted by Crippen LogP contribution is 2.57. The Morgan fingerprint density at radius 2 is 1.81 bits per heavy atom. The van der Waals surface area contributed by atoms with Crippen LogP contribution in [0.25, 0.3) is 10.8 Å². The average molecular weight is 736 g/mol. The zero-order valence-corrected chi connectivity index (χ0v) is 31.5. The van der Waals surface area contributed by atoms with Gasteiger partial charge in [0.1, 0.15) is 6.10 Å². The molecule has 1 aromatic carbocycles. The number of rotatable bonds is 7. The lowest BCUT2D eigenvalue weighted by molar-refractivity contribution is -0.153. The van der Waals surface area contributed by atoms with Gasteiger partial charge in [0.25, 0.3) is 0 Å². The molecule has 282 valence electrons. The highest BCUT2D eigenvalue weighted by atomic mass is 32.2. The lowest BCUT2D eigenvalue weighted by Gasteiger charge is -2.34. The molecule has 6 rings (SSSR count). The summed E-state index contributed by atoms with van der Waals surface area (Å²) in [6, 6.07) is 7.27. The van der Waals surface area contributed by atoms with E-state index in [4.69, 9.17) is 9.47 Å². The van der Waals surface area contributed by atoms with Crippen molar-refractivity contribution in [1.82, 2.24) is 14.6 Å². The molecule has 2 aromatic rings. The third-order valence-electron chi connectivity index (χ3n) is 11.4. The van der Waals surface area contributed by atoms with E-state index in [1.807, 2.05) is 26.8 Å². The van der Waals surface area contributed by atoms with Crippen molar-refractivity contribution in [3.8, 4) is 5.88 Å². The van der Waals surface area contributed by atoms with Crippen LogP contribution >= 0.6 is 0 Å². The monoisotopic (exact) mass is 735 g/mol. The first-order chi connectivity index (χ1) is 24.7. The molecule has 3 fully saturated rings. The van der Waals surface area contributed by atoms with Gasteiger partial charge in [-0.3, -0.25) is 23.9 Å². The minimum absolute atomic E-state index is 0.0781. The number of carbonyl (C=O) groups is 4. The summed E-state index contributed by atoms with van der Waals surface area (Å²) < 4.78 is 39.8. The number of nitrogens with one attached hydrogen (secondary N) is 1. The Balaban J connectivity index is 1.31. The van der Waals surface area contributed by atoms with Crippen molar-refractivity contribution >= 4 is 44.4 Å². The number of ether oxygens (including phenoxy) is 2. The van der Waals surface area contributed by atoms with Crippen LogP contribution < -0.4 is 9.46 Å². The van der Waals surface area contributed by atoms with E-state index in [-0.39, 0.29) is 49.8 Å². The number of amides is 2. The molecule has 0 unspecified atom stereocenters. The van der Waals surface area contributed by atoms with E-state index in [0.29, 0.717) is 25.3 Å². The maximum Gasteiger partial charge on any atom is 0.306 e. The Bertz CT molecular complexity index is 1820. The fraction of sp³-hybridized carbons (Fsp3) is 0.625. The minimum atomic E-state index is -3.83. The first-order valence-corrected chi connectivity index (χ1v) is 20.5. The fourth-order valence-electron chi connectivity index (χ4n) is 7.85. The first-order valence-electron chi connectivity index (χ1n) is 18.9. The van der Waals surface area contributed by atoms with Crippen molar-refractivity contribution in [2.24, 2.45) is 22.7 Å². The van der Waals surface area contributed by atoms with Gasteiger partial charge in [-0.25, -0.2) is 13.4 Å². The van der Waals surface area contributed by atoms with Gasteiger partial charge in [-0.1, -0.05) is 64.7 Å². The number of aromatic nitrogens is 1. The Labute approximate surface area is 307 Å². The summed E-state index contributed by atoms with van der Waals surface area (Å²) in [5.41, 5.74) is -0.729. The Hall–Kier alpha value is -3.80. The van der Waals surface area contributed by atoms with Crippen LogP contribution in [0.2, 0.25) is 0 Å². The fourth-order valence-corrected chi connectivity index (χ4v) is 9.23. The second-order valence-electron chi connectivity index (χ2n) is 16.4. The van der Waals surface area contributed by atoms with E-state index < -0.39 is 56.0 Å². The molecule has 4 aliphatic rings. The molecule has 12 heteroatoms. The Morgan fingerprint density at radius 1 is 1.08 bits per heavy atom. The maximum atomic E-state index is 14.6. The molecule has 3 heterocycles. The van der Waals surface area contributed by atoms with Crippen molar-refractivity contribution < 1.29 is 37.1 Å². The minimum Gasteiger partial charge on any atom is -0.472 e. The zero-order chi connectivity index (χ0) is 37.3. The summed E-state index contributed by atoms with van der Waals surface area (Å²) >= 11 is 0. The van der Waals surface area contributed by atoms with Crippen LogP contribution in [0.5, 0.6) is 5.88 Å². The molecule has 52 heavy (non-hydrogen) atoms. The molecule has 4 bridgehead atoms. The number of fused-ring (bicyclic) bond motifs is 3. The Morgan fingerprint density at radius 3 is 2.50 bits per heavy atom. The average Bonchev–Trinajstić information content (AvgIpc) is 4.02. The molecular weight excluding hydrogens is 683 g/mol. The number of esters is 1. The molecule has 0 radical (unpaired) electrons. The van der Waals surface area contributed by atoms with Gasteiger partial charge in [-0.15, -0.1) is 6.58 Å². The topological polar surface area (TPSA) is 149 Å². The van der Waals surface area contributed by atoms with Crippen molar-refractivity contribution in [3.05, 3.63) is 48.7 Å². The van der Waals surface area contributed by atoms with Crippen molar-refractivity contribution in [3.63, 3.8) is 0 Å². The number of cyclic esters (lactones) is 1. The van der Waals surface area contributed by atoms with Crippen molar-refractivity contribution in [2.75, 3.05) is 13.2 Å². The highest BCUT2D eigenvalue weighted by Gasteiger charge is 2.61. The second kappa shape index (κ2) is 15.3. The van der Waals surface area contributed by atoms with E-state index in [1.165, 1.54) is 10.5 Å². The van der Waals surface area contributed by atoms with Gasteiger partial charge in [0.05, 0.1) is 42.2 Å². The van der Waals surface area contributed by atoms with Gasteiger partial charge < -0.3 is 14.4 Å². The third-order valence-corrected chi connectivity index (χ3v) is 13.2. The van der Waals surface area contributed by atoms with Crippen LogP contribution in [0, 0.1) is 22.7 Å². The first kappa shape index (κ1) is 37.9. The summed E-state index contributed by atoms with van der Waals surface area (Å²) in [6.07, 6.45) is 10.6. The molecular formula is C40H53N3O8S. The van der Waals surface area contributed by atoms with Gasteiger partial charge in [-0.2, -0.15) is 0 Å². The van der Waals surface area contributed by atoms with E-state index in [9.17, 15) is 27.6 Å². The van der Waals surface area contributed by atoms with Crippen LogP contribution in [0.1, 0.15) is 103 Å². The number of benzene rings is 1. The number of nitrogens with zero attached hydrogens (tertiary/aromatic N) is 2. The van der Waals surface area contributed by atoms with Crippen LogP contribution in [0.3, 0.4) is 0 Å². The number of hydrogen-bond donors (Lipinski definition) is 1. The van der Waals surface area contributed by atoms with Crippen LogP contribution in [-0.4, -0.2) is 72.4 Å². The molecule has 5 atom stereocenters. The summed E-state index contributed by atoms with van der Waals surface area (Å²) in [6.45, 7) is 9.87. The number of carbonyl (C=O) groups excluding carboxylic acids is 4. The lowest BCUT2D eigenvalue weighted by atomic mass is 9.77. The van der Waals surface area contributed by atoms with Gasteiger partial charge in [0.15, 0.2) is 5.78 Å². The number of hydrogen-bond acceptors (Lipinski definition) is 9. The number of ketones is 1. The number of sulfonamides is 1. The van der Waals surface area contributed by atoms with Crippen LogP contribution in [-0.2, 0) is 40.4 Å². The quantitative estimate of drug-likeness (QED) is 0.274. The molecule has 1 N–H and O–H groups in total. The highest BCUT2D eigenvalue weighted by molar-refractivity contribution is 7.90. The number of allylic oxidation sites excluding steroid dienone is 1. The summed E-state index contributed by atoms with van der Waals surface area (Å²) in [4.78, 5) is 61.7. The maximum absolute atomic E-state index is 14.6. The van der Waals surface area contributed by atoms with Gasteiger partial charge in [-0.05, 0) is 72.9 Å². The molecule has 2 aliphatic heterocycles. The SMILES string of the molecule is C=C[C@H]1C[C@]1(CC(=O)[C@@H]1C[C@@H]2CN1C(=O)[C@H](C(C)(C)C)CC(=O)OCCCCCCCCc1ccc3ccnc(c3c1)O2)C(=O)NS(=O)(=O)C1CC1.